The van der Waals surface area contributed by atoms with Gasteiger partial charge in [0.05, 0.1) is 5.56 Å². The normalized spacial score (nSPS) is 11.7. The Hall–Kier alpha value is -2.25. The molecule has 1 heterocycles. The van der Waals surface area contributed by atoms with Crippen molar-refractivity contribution in [2.75, 3.05) is 0 Å². The second kappa shape index (κ2) is 5.03. The van der Waals surface area contributed by atoms with Crippen LogP contribution in [0.5, 0.6) is 0 Å². The molecule has 0 fully saturated rings. The molecule has 1 aromatic heterocycles. The van der Waals surface area contributed by atoms with Crippen LogP contribution in [0.15, 0.2) is 30.5 Å². The van der Waals surface area contributed by atoms with Gasteiger partial charge in [0.15, 0.2) is 11.5 Å². The van der Waals surface area contributed by atoms with Crippen molar-refractivity contribution in [2.24, 2.45) is 0 Å². The number of aromatic nitrogens is 2. The van der Waals surface area contributed by atoms with E-state index >= 15 is 0 Å². The Bertz CT molecular complexity index is 648. The number of alkyl halides is 3. The van der Waals surface area contributed by atoms with Gasteiger partial charge >= 0.3 is 6.18 Å². The molecule has 3 nitrogen and oxygen atoms in total. The minimum absolute atomic E-state index is 0.407. The zero-order valence-electron chi connectivity index (χ0n) is 9.79. The van der Waals surface area contributed by atoms with Gasteiger partial charge in [-0.3, -0.25) is 9.48 Å². The summed E-state index contributed by atoms with van der Waals surface area (Å²) >= 11 is 0. The standard InChI is InChI=1S/C12H7F5N2O/c13-7-1-2-8(9(14)5-7)10(20)6-19-4-3-11(18-19)12(15,16)17/h1-5H,6H2. The van der Waals surface area contributed by atoms with Gasteiger partial charge in [-0.05, 0) is 18.2 Å². The monoisotopic (exact) mass is 290 g/mol. The summed E-state index contributed by atoms with van der Waals surface area (Å²) < 4.78 is 63.7. The number of ketones is 1. The lowest BCUT2D eigenvalue weighted by Crippen LogP contribution is -2.14. The topological polar surface area (TPSA) is 34.9 Å². The van der Waals surface area contributed by atoms with Gasteiger partial charge in [-0.15, -0.1) is 0 Å². The maximum absolute atomic E-state index is 13.3. The summed E-state index contributed by atoms with van der Waals surface area (Å²) in [6.07, 6.45) is -3.66. The van der Waals surface area contributed by atoms with Crippen LogP contribution in [-0.2, 0) is 12.7 Å². The molecular formula is C12H7F5N2O. The van der Waals surface area contributed by atoms with Gasteiger partial charge in [0.1, 0.15) is 18.2 Å². The molecule has 20 heavy (non-hydrogen) atoms. The van der Waals surface area contributed by atoms with Crippen LogP contribution in [0.4, 0.5) is 22.0 Å². The summed E-state index contributed by atoms with van der Waals surface area (Å²) in [6.45, 7) is -0.571. The van der Waals surface area contributed by atoms with Crippen molar-refractivity contribution < 1.29 is 26.7 Å². The van der Waals surface area contributed by atoms with E-state index in [0.29, 0.717) is 12.1 Å². The fourth-order valence-corrected chi connectivity index (χ4v) is 1.55. The van der Waals surface area contributed by atoms with E-state index in [1.165, 1.54) is 0 Å². The number of benzene rings is 1. The number of carbonyl (C=O) groups excluding carboxylic acids is 1. The lowest BCUT2D eigenvalue weighted by atomic mass is 10.1. The fourth-order valence-electron chi connectivity index (χ4n) is 1.55. The number of Topliss-reactive ketones (excluding diaryl/α,β-unsaturated/α-hetero) is 1. The predicted octanol–water partition coefficient (Wildman–Crippen LogP) is 3.06. The number of carbonyl (C=O) groups is 1. The molecule has 0 radical (unpaired) electrons. The first-order valence-corrected chi connectivity index (χ1v) is 5.36. The summed E-state index contributed by atoms with van der Waals surface area (Å²) in [6, 6.07) is 3.05. The molecule has 1 aromatic carbocycles. The molecule has 0 saturated heterocycles. The molecule has 0 aliphatic rings. The third-order valence-electron chi connectivity index (χ3n) is 2.47. The second-order valence-corrected chi connectivity index (χ2v) is 3.94. The van der Waals surface area contributed by atoms with Crippen molar-refractivity contribution in [3.8, 4) is 0 Å². The number of nitrogens with zero attached hydrogens (tertiary/aromatic N) is 2. The second-order valence-electron chi connectivity index (χ2n) is 3.94. The zero-order chi connectivity index (χ0) is 14.9. The van der Waals surface area contributed by atoms with E-state index in [0.717, 1.165) is 23.0 Å². The van der Waals surface area contributed by atoms with E-state index in [4.69, 9.17) is 0 Å². The lowest BCUT2D eigenvalue weighted by Gasteiger charge is -2.04. The van der Waals surface area contributed by atoms with Gasteiger partial charge < -0.3 is 0 Å². The molecule has 2 aromatic rings. The quantitative estimate of drug-likeness (QED) is 0.643. The molecule has 0 spiro atoms. The number of hydrogen-bond donors (Lipinski definition) is 0. The summed E-state index contributed by atoms with van der Waals surface area (Å²) in [5, 5.41) is 3.17. The highest BCUT2D eigenvalue weighted by atomic mass is 19.4. The molecule has 0 aliphatic heterocycles. The third kappa shape index (κ3) is 3.01. The molecule has 0 N–H and O–H groups in total. The molecule has 8 heteroatoms. The highest BCUT2D eigenvalue weighted by molar-refractivity contribution is 5.96. The number of rotatable bonds is 3. The van der Waals surface area contributed by atoms with Crippen molar-refractivity contribution in [3.63, 3.8) is 0 Å². The molecule has 0 atom stereocenters. The molecule has 0 aliphatic carbocycles. The zero-order valence-corrected chi connectivity index (χ0v) is 9.79. The van der Waals surface area contributed by atoms with Crippen LogP contribution in [0.2, 0.25) is 0 Å². The van der Waals surface area contributed by atoms with Crippen LogP contribution in [-0.4, -0.2) is 15.6 Å². The van der Waals surface area contributed by atoms with Gasteiger partial charge in [0.2, 0.25) is 0 Å². The van der Waals surface area contributed by atoms with Crippen molar-refractivity contribution in [2.45, 2.75) is 12.7 Å². The summed E-state index contributed by atoms with van der Waals surface area (Å²) in [4.78, 5) is 11.7. The van der Waals surface area contributed by atoms with Crippen molar-refractivity contribution in [1.82, 2.24) is 9.78 Å². The Morgan fingerprint density at radius 2 is 1.90 bits per heavy atom. The van der Waals surface area contributed by atoms with Crippen molar-refractivity contribution in [3.05, 3.63) is 53.4 Å². The minimum atomic E-state index is -4.62. The molecule has 0 saturated carbocycles. The van der Waals surface area contributed by atoms with Crippen LogP contribution in [0.1, 0.15) is 16.1 Å². The van der Waals surface area contributed by atoms with Crippen LogP contribution >= 0.6 is 0 Å². The summed E-state index contributed by atoms with van der Waals surface area (Å²) in [5.41, 5.74) is -1.56. The van der Waals surface area contributed by atoms with Crippen LogP contribution in [0.25, 0.3) is 0 Å². The molecule has 2 rings (SSSR count). The molecule has 0 unspecified atom stereocenters. The first-order chi connectivity index (χ1) is 9.27. The van der Waals surface area contributed by atoms with Crippen LogP contribution < -0.4 is 0 Å². The fraction of sp³-hybridized carbons (Fsp3) is 0.167. The first kappa shape index (κ1) is 14.2. The Kier molecular flexibility index (Phi) is 3.56. The first-order valence-electron chi connectivity index (χ1n) is 5.36. The lowest BCUT2D eigenvalue weighted by molar-refractivity contribution is -0.141. The van der Waals surface area contributed by atoms with Crippen molar-refractivity contribution >= 4 is 5.78 Å². The van der Waals surface area contributed by atoms with E-state index in [1.54, 1.807) is 0 Å². The average Bonchev–Trinajstić information content (AvgIpc) is 2.76. The van der Waals surface area contributed by atoms with Crippen LogP contribution in [0, 0.1) is 11.6 Å². The Labute approximate surface area is 109 Å². The highest BCUT2D eigenvalue weighted by Gasteiger charge is 2.33. The van der Waals surface area contributed by atoms with Gasteiger partial charge in [0, 0.05) is 12.3 Å². The number of halogens is 5. The van der Waals surface area contributed by atoms with Gasteiger partial charge in [-0.1, -0.05) is 0 Å². The van der Waals surface area contributed by atoms with Gasteiger partial charge in [-0.2, -0.15) is 18.3 Å². The molecule has 0 bridgehead atoms. The van der Waals surface area contributed by atoms with Crippen molar-refractivity contribution in [1.29, 1.82) is 0 Å². The highest BCUT2D eigenvalue weighted by Crippen LogP contribution is 2.27. The van der Waals surface area contributed by atoms with E-state index in [9.17, 15) is 26.7 Å². The van der Waals surface area contributed by atoms with E-state index in [-0.39, 0.29) is 0 Å². The van der Waals surface area contributed by atoms with E-state index in [2.05, 4.69) is 5.10 Å². The molecule has 0 amide bonds. The Morgan fingerprint density at radius 1 is 1.20 bits per heavy atom. The third-order valence-corrected chi connectivity index (χ3v) is 2.47. The number of hydrogen-bond acceptors (Lipinski definition) is 2. The molecular weight excluding hydrogens is 283 g/mol. The van der Waals surface area contributed by atoms with E-state index < -0.39 is 41.4 Å². The average molecular weight is 290 g/mol. The maximum atomic E-state index is 13.3. The van der Waals surface area contributed by atoms with Crippen LogP contribution in [0.3, 0.4) is 0 Å². The minimum Gasteiger partial charge on any atom is -0.292 e. The van der Waals surface area contributed by atoms with Gasteiger partial charge in [-0.25, -0.2) is 8.78 Å². The Morgan fingerprint density at radius 3 is 2.45 bits per heavy atom. The Balaban J connectivity index is 2.17. The van der Waals surface area contributed by atoms with E-state index in [1.807, 2.05) is 0 Å². The summed E-state index contributed by atoms with van der Waals surface area (Å²) in [5.74, 6) is -2.73. The van der Waals surface area contributed by atoms with Gasteiger partial charge in [0.25, 0.3) is 0 Å². The predicted molar refractivity (Wildman–Crippen MR) is 57.9 cm³/mol. The smallest absolute Gasteiger partial charge is 0.292 e. The molecule has 106 valence electrons. The largest absolute Gasteiger partial charge is 0.435 e. The summed E-state index contributed by atoms with van der Waals surface area (Å²) in [7, 11) is 0. The SMILES string of the molecule is O=C(Cn1ccc(C(F)(F)F)n1)c1ccc(F)cc1F. The maximum Gasteiger partial charge on any atom is 0.435 e.